The fraction of sp³-hybridized carbons (Fsp3) is 0. The Morgan fingerprint density at radius 2 is 1.65 bits per heavy atom. The van der Waals surface area contributed by atoms with Crippen molar-refractivity contribution >= 4 is 22.9 Å². The third kappa shape index (κ3) is 2.81. The molecular weight excluding hydrogens is 324 g/mol. The number of hydrogen-bond acceptors (Lipinski definition) is 2. The first-order valence-corrected chi connectivity index (χ1v) is 8.52. The minimum atomic E-state index is 0.725. The molecule has 4 rings (SSSR count). The van der Waals surface area contributed by atoms with Gasteiger partial charge in [-0.25, -0.2) is 4.68 Å². The second kappa shape index (κ2) is 6.03. The van der Waals surface area contributed by atoms with Crippen molar-refractivity contribution in [3.05, 3.63) is 83.3 Å². The highest BCUT2D eigenvalue weighted by molar-refractivity contribution is 7.13. The van der Waals surface area contributed by atoms with Gasteiger partial charge in [0, 0.05) is 16.8 Å². The maximum Gasteiger partial charge on any atom is 0.111 e. The van der Waals surface area contributed by atoms with Crippen LogP contribution < -0.4 is 0 Å². The van der Waals surface area contributed by atoms with Crippen molar-refractivity contribution in [2.24, 2.45) is 0 Å². The van der Waals surface area contributed by atoms with E-state index in [0.29, 0.717) is 0 Å². The van der Waals surface area contributed by atoms with Crippen molar-refractivity contribution in [3.63, 3.8) is 0 Å². The summed E-state index contributed by atoms with van der Waals surface area (Å²) in [6, 6.07) is 22.2. The van der Waals surface area contributed by atoms with E-state index in [9.17, 15) is 0 Å². The van der Waals surface area contributed by atoms with Gasteiger partial charge in [-0.05, 0) is 41.3 Å². The van der Waals surface area contributed by atoms with Gasteiger partial charge in [-0.1, -0.05) is 48.0 Å². The Labute approximate surface area is 143 Å². The van der Waals surface area contributed by atoms with E-state index in [4.69, 9.17) is 16.7 Å². The Kier molecular flexibility index (Phi) is 3.74. The molecule has 0 unspecified atom stereocenters. The summed E-state index contributed by atoms with van der Waals surface area (Å²) < 4.78 is 1.91. The predicted octanol–water partition coefficient (Wildman–Crippen LogP) is 5.92. The van der Waals surface area contributed by atoms with E-state index in [2.05, 4.69) is 35.8 Å². The van der Waals surface area contributed by atoms with Crippen molar-refractivity contribution in [1.29, 1.82) is 0 Å². The van der Waals surface area contributed by atoms with Crippen molar-refractivity contribution in [2.75, 3.05) is 0 Å². The molecule has 2 heterocycles. The molecule has 4 aromatic rings. The summed E-state index contributed by atoms with van der Waals surface area (Å²) in [5.41, 5.74) is 4.29. The lowest BCUT2D eigenvalue weighted by molar-refractivity contribution is 0.885. The summed E-state index contributed by atoms with van der Waals surface area (Å²) in [7, 11) is 0. The van der Waals surface area contributed by atoms with Gasteiger partial charge in [-0.2, -0.15) is 5.10 Å². The smallest absolute Gasteiger partial charge is 0.111 e. The molecule has 23 heavy (non-hydrogen) atoms. The quantitative estimate of drug-likeness (QED) is 0.454. The van der Waals surface area contributed by atoms with Gasteiger partial charge in [-0.15, -0.1) is 11.3 Å². The average molecular weight is 337 g/mol. The number of nitrogens with zero attached hydrogens (tertiary/aromatic N) is 2. The van der Waals surface area contributed by atoms with Gasteiger partial charge in [0.2, 0.25) is 0 Å². The molecule has 0 aliphatic heterocycles. The van der Waals surface area contributed by atoms with E-state index in [-0.39, 0.29) is 0 Å². The van der Waals surface area contributed by atoms with Crippen LogP contribution in [0.1, 0.15) is 0 Å². The Bertz CT molecular complexity index is 910. The van der Waals surface area contributed by atoms with E-state index in [1.54, 1.807) is 11.3 Å². The molecule has 4 heteroatoms. The van der Waals surface area contributed by atoms with Crippen LogP contribution in [0.25, 0.3) is 27.4 Å². The van der Waals surface area contributed by atoms with Crippen LogP contribution in [-0.4, -0.2) is 9.78 Å². The van der Waals surface area contributed by atoms with Gasteiger partial charge in [0.05, 0.1) is 10.6 Å². The van der Waals surface area contributed by atoms with Gasteiger partial charge < -0.3 is 0 Å². The van der Waals surface area contributed by atoms with Crippen molar-refractivity contribution in [1.82, 2.24) is 9.78 Å². The standard InChI is InChI=1S/C19H13ClN2S/c20-15-8-10-16(11-9-15)22-13-17(14-5-2-1-3-6-14)19(21-22)18-7-4-12-23-18/h1-13H. The minimum Gasteiger partial charge on any atom is -0.240 e. The van der Waals surface area contributed by atoms with E-state index < -0.39 is 0 Å². The Morgan fingerprint density at radius 1 is 0.870 bits per heavy atom. The highest BCUT2D eigenvalue weighted by atomic mass is 35.5. The van der Waals surface area contributed by atoms with Crippen LogP contribution in [0.4, 0.5) is 0 Å². The summed E-state index contributed by atoms with van der Waals surface area (Å²) in [5, 5.41) is 7.61. The van der Waals surface area contributed by atoms with Gasteiger partial charge in [0.1, 0.15) is 5.69 Å². The maximum atomic E-state index is 5.98. The van der Waals surface area contributed by atoms with Crippen molar-refractivity contribution < 1.29 is 0 Å². The molecule has 2 nitrogen and oxygen atoms in total. The Balaban J connectivity index is 1.89. The van der Waals surface area contributed by atoms with Crippen LogP contribution >= 0.6 is 22.9 Å². The van der Waals surface area contributed by atoms with Crippen LogP contribution in [0.15, 0.2) is 78.3 Å². The largest absolute Gasteiger partial charge is 0.240 e. The topological polar surface area (TPSA) is 17.8 Å². The lowest BCUT2D eigenvalue weighted by atomic mass is 10.1. The van der Waals surface area contributed by atoms with Crippen molar-refractivity contribution in [3.8, 4) is 27.4 Å². The average Bonchev–Trinajstić information content (AvgIpc) is 3.26. The second-order valence-electron chi connectivity index (χ2n) is 5.16. The minimum absolute atomic E-state index is 0.725. The van der Waals surface area contributed by atoms with Crippen LogP contribution in [0.3, 0.4) is 0 Å². The highest BCUT2D eigenvalue weighted by Gasteiger charge is 2.14. The molecule has 112 valence electrons. The van der Waals surface area contributed by atoms with Gasteiger partial charge in [0.15, 0.2) is 0 Å². The van der Waals surface area contributed by atoms with E-state index in [1.165, 1.54) is 0 Å². The molecule has 0 bridgehead atoms. The van der Waals surface area contributed by atoms with Crippen LogP contribution in [0.5, 0.6) is 0 Å². The van der Waals surface area contributed by atoms with Crippen LogP contribution in [0, 0.1) is 0 Å². The fourth-order valence-corrected chi connectivity index (χ4v) is 3.37. The lowest BCUT2D eigenvalue weighted by Crippen LogP contribution is -1.93. The number of halogens is 1. The molecule has 0 spiro atoms. The molecule has 0 aliphatic carbocycles. The summed E-state index contributed by atoms with van der Waals surface area (Å²) in [5.74, 6) is 0. The summed E-state index contributed by atoms with van der Waals surface area (Å²) in [6.07, 6.45) is 2.08. The zero-order valence-corrected chi connectivity index (χ0v) is 13.8. The maximum absolute atomic E-state index is 5.98. The normalized spacial score (nSPS) is 10.8. The summed E-state index contributed by atoms with van der Waals surface area (Å²) in [4.78, 5) is 1.16. The molecule has 2 aromatic heterocycles. The molecule has 0 aliphatic rings. The molecular formula is C19H13ClN2S. The molecule has 0 fully saturated rings. The zero-order valence-electron chi connectivity index (χ0n) is 12.2. The van der Waals surface area contributed by atoms with Gasteiger partial charge in [-0.3, -0.25) is 0 Å². The SMILES string of the molecule is Clc1ccc(-n2cc(-c3ccccc3)c(-c3cccs3)n2)cc1. The van der Waals surface area contributed by atoms with Crippen LogP contribution in [-0.2, 0) is 0 Å². The lowest BCUT2D eigenvalue weighted by Gasteiger charge is -2.00. The molecule has 0 radical (unpaired) electrons. The van der Waals surface area contributed by atoms with E-state index >= 15 is 0 Å². The molecule has 0 N–H and O–H groups in total. The first-order chi connectivity index (χ1) is 11.3. The summed E-state index contributed by atoms with van der Waals surface area (Å²) in [6.45, 7) is 0. The summed E-state index contributed by atoms with van der Waals surface area (Å²) >= 11 is 7.68. The third-order valence-corrected chi connectivity index (χ3v) is 4.77. The number of thiophene rings is 1. The Morgan fingerprint density at radius 3 is 2.35 bits per heavy atom. The second-order valence-corrected chi connectivity index (χ2v) is 6.54. The van der Waals surface area contributed by atoms with Crippen molar-refractivity contribution in [2.45, 2.75) is 0 Å². The number of rotatable bonds is 3. The third-order valence-electron chi connectivity index (χ3n) is 3.64. The van der Waals surface area contributed by atoms with E-state index in [0.717, 1.165) is 32.4 Å². The molecule has 0 atom stereocenters. The van der Waals surface area contributed by atoms with Crippen LogP contribution in [0.2, 0.25) is 5.02 Å². The number of hydrogen-bond donors (Lipinski definition) is 0. The predicted molar refractivity (Wildman–Crippen MR) is 97.3 cm³/mol. The fourth-order valence-electron chi connectivity index (χ4n) is 2.52. The molecule has 0 saturated heterocycles. The molecule has 0 amide bonds. The first-order valence-electron chi connectivity index (χ1n) is 7.26. The van der Waals surface area contributed by atoms with Gasteiger partial charge in [0.25, 0.3) is 0 Å². The highest BCUT2D eigenvalue weighted by Crippen LogP contribution is 2.34. The zero-order chi connectivity index (χ0) is 15.6. The monoisotopic (exact) mass is 336 g/mol. The molecule has 0 saturated carbocycles. The first kappa shape index (κ1) is 14.2. The number of aromatic nitrogens is 2. The Hall–Kier alpha value is -2.36. The number of benzene rings is 2. The van der Waals surface area contributed by atoms with Gasteiger partial charge >= 0.3 is 0 Å². The van der Waals surface area contributed by atoms with E-state index in [1.807, 2.05) is 47.1 Å². The molecule has 2 aromatic carbocycles.